The molecule has 0 bridgehead atoms. The van der Waals surface area contributed by atoms with Crippen LogP contribution in [0.1, 0.15) is 43.6 Å². The van der Waals surface area contributed by atoms with Crippen LogP contribution < -0.4 is 10.5 Å². The topological polar surface area (TPSA) is 98.2 Å². The zero-order valence-corrected chi connectivity index (χ0v) is 13.4. The molecule has 0 spiro atoms. The normalized spacial score (nSPS) is 18.6. The minimum Gasteiger partial charge on any atom is -0.360 e. The van der Waals surface area contributed by atoms with Gasteiger partial charge in [-0.05, 0) is 26.7 Å². The van der Waals surface area contributed by atoms with E-state index in [-0.39, 0.29) is 23.8 Å². The number of nitrogens with zero attached hydrogens (tertiary/aromatic N) is 1. The first kappa shape index (κ1) is 17.4. The Kier molecular flexibility index (Phi) is 5.60. The van der Waals surface area contributed by atoms with Crippen molar-refractivity contribution in [1.82, 2.24) is 9.88 Å². The first-order chi connectivity index (χ1) is 8.84. The van der Waals surface area contributed by atoms with Crippen molar-refractivity contribution in [2.45, 2.75) is 56.4 Å². The fourth-order valence-electron chi connectivity index (χ4n) is 2.60. The van der Waals surface area contributed by atoms with Crippen LogP contribution in [0.25, 0.3) is 0 Å². The lowest BCUT2D eigenvalue weighted by Gasteiger charge is -2.33. The Morgan fingerprint density at radius 1 is 1.30 bits per heavy atom. The van der Waals surface area contributed by atoms with Crippen LogP contribution in [0.3, 0.4) is 0 Å². The number of aryl methyl sites for hydroxylation is 2. The highest BCUT2D eigenvalue weighted by atomic mass is 35.5. The molecule has 0 aromatic carbocycles. The molecule has 3 N–H and O–H groups in total. The van der Waals surface area contributed by atoms with Gasteiger partial charge in [0.1, 0.15) is 10.6 Å². The monoisotopic (exact) mass is 323 g/mol. The van der Waals surface area contributed by atoms with Crippen LogP contribution in [-0.4, -0.2) is 25.7 Å². The molecule has 0 amide bonds. The summed E-state index contributed by atoms with van der Waals surface area (Å²) in [6.07, 6.45) is 5.01. The summed E-state index contributed by atoms with van der Waals surface area (Å²) in [5, 5.41) is 3.67. The second-order valence-electron chi connectivity index (χ2n) is 5.40. The highest BCUT2D eigenvalue weighted by molar-refractivity contribution is 7.89. The van der Waals surface area contributed by atoms with Crippen molar-refractivity contribution in [2.24, 2.45) is 5.73 Å². The Labute approximate surface area is 125 Å². The lowest BCUT2D eigenvalue weighted by molar-refractivity contribution is 0.296. The van der Waals surface area contributed by atoms with Gasteiger partial charge in [0, 0.05) is 12.1 Å². The first-order valence-corrected chi connectivity index (χ1v) is 8.04. The van der Waals surface area contributed by atoms with Crippen LogP contribution in [0.15, 0.2) is 9.42 Å². The summed E-state index contributed by atoms with van der Waals surface area (Å²) in [4.78, 5) is 0.131. The number of aromatic nitrogens is 1. The number of rotatable bonds is 4. The Morgan fingerprint density at radius 3 is 2.40 bits per heavy atom. The van der Waals surface area contributed by atoms with Gasteiger partial charge in [-0.1, -0.05) is 24.4 Å². The van der Waals surface area contributed by atoms with Crippen LogP contribution in [-0.2, 0) is 10.0 Å². The van der Waals surface area contributed by atoms with Crippen LogP contribution in [0.4, 0.5) is 0 Å². The van der Waals surface area contributed by atoms with Gasteiger partial charge in [-0.2, -0.15) is 0 Å². The largest absolute Gasteiger partial charge is 0.360 e. The van der Waals surface area contributed by atoms with Crippen LogP contribution >= 0.6 is 12.4 Å². The van der Waals surface area contributed by atoms with Gasteiger partial charge < -0.3 is 10.3 Å². The van der Waals surface area contributed by atoms with Gasteiger partial charge in [0.05, 0.1) is 0 Å². The maximum absolute atomic E-state index is 12.3. The molecule has 116 valence electrons. The molecule has 1 saturated carbocycles. The zero-order valence-electron chi connectivity index (χ0n) is 11.8. The van der Waals surface area contributed by atoms with Gasteiger partial charge in [0.15, 0.2) is 5.76 Å². The van der Waals surface area contributed by atoms with E-state index in [1.807, 2.05) is 0 Å². The van der Waals surface area contributed by atoms with Crippen LogP contribution in [0.2, 0.25) is 0 Å². The maximum Gasteiger partial charge on any atom is 0.246 e. The summed E-state index contributed by atoms with van der Waals surface area (Å²) in [5.74, 6) is 0.305. The summed E-state index contributed by atoms with van der Waals surface area (Å²) in [5.41, 5.74) is 6.18. The molecule has 1 aliphatic rings. The fraction of sp³-hybridized carbons (Fsp3) is 0.750. The smallest absolute Gasteiger partial charge is 0.246 e. The second-order valence-corrected chi connectivity index (χ2v) is 7.10. The number of nitrogens with two attached hydrogens (primary N) is 1. The summed E-state index contributed by atoms with van der Waals surface area (Å²) >= 11 is 0. The first-order valence-electron chi connectivity index (χ1n) is 6.55. The number of hydrogen-bond acceptors (Lipinski definition) is 5. The van der Waals surface area contributed by atoms with Crippen molar-refractivity contribution in [3.63, 3.8) is 0 Å². The Hall–Kier alpha value is -0.630. The van der Waals surface area contributed by atoms with Gasteiger partial charge in [-0.15, -0.1) is 12.4 Å². The van der Waals surface area contributed by atoms with E-state index in [1.54, 1.807) is 13.8 Å². The molecule has 0 aliphatic heterocycles. The van der Waals surface area contributed by atoms with Crippen molar-refractivity contribution in [2.75, 3.05) is 6.54 Å². The predicted octanol–water partition coefficient (Wildman–Crippen LogP) is 1.65. The van der Waals surface area contributed by atoms with E-state index >= 15 is 0 Å². The van der Waals surface area contributed by atoms with E-state index in [4.69, 9.17) is 10.3 Å². The molecule has 1 aliphatic carbocycles. The number of hydrogen-bond donors (Lipinski definition) is 2. The van der Waals surface area contributed by atoms with Gasteiger partial charge in [-0.25, -0.2) is 13.1 Å². The molecular formula is C12H22ClN3O3S. The van der Waals surface area contributed by atoms with Gasteiger partial charge >= 0.3 is 0 Å². The SMILES string of the molecule is Cc1noc(C)c1S(=O)(=O)NCC1(N)CCCCC1.Cl. The number of nitrogens with one attached hydrogen (secondary N) is 1. The minimum atomic E-state index is -3.60. The molecule has 8 heteroatoms. The highest BCUT2D eigenvalue weighted by Crippen LogP contribution is 2.26. The summed E-state index contributed by atoms with van der Waals surface area (Å²) in [7, 11) is -3.60. The van der Waals surface area contributed by atoms with Gasteiger partial charge in [0.2, 0.25) is 10.0 Å². The fourth-order valence-corrected chi connectivity index (χ4v) is 4.07. The lowest BCUT2D eigenvalue weighted by Crippen LogP contribution is -2.51. The molecule has 1 fully saturated rings. The minimum absolute atomic E-state index is 0. The Bertz CT molecular complexity index is 531. The standard InChI is InChI=1S/C12H21N3O3S.ClH/c1-9-11(10(2)18-15-9)19(16,17)14-8-12(13)6-4-3-5-7-12;/h14H,3-8,13H2,1-2H3;1H. The van der Waals surface area contributed by atoms with Crippen molar-refractivity contribution in [3.8, 4) is 0 Å². The predicted molar refractivity (Wildman–Crippen MR) is 78.4 cm³/mol. The lowest BCUT2D eigenvalue weighted by atomic mass is 9.83. The molecule has 0 atom stereocenters. The third kappa shape index (κ3) is 3.72. The van der Waals surface area contributed by atoms with E-state index in [2.05, 4.69) is 9.88 Å². The van der Waals surface area contributed by atoms with E-state index in [0.717, 1.165) is 25.7 Å². The van der Waals surface area contributed by atoms with E-state index < -0.39 is 15.6 Å². The molecule has 0 unspecified atom stereocenters. The molecule has 2 rings (SSSR count). The van der Waals surface area contributed by atoms with Gasteiger partial charge in [-0.3, -0.25) is 0 Å². The molecule has 0 radical (unpaired) electrons. The maximum atomic E-state index is 12.3. The third-order valence-electron chi connectivity index (χ3n) is 3.70. The van der Waals surface area contributed by atoms with Gasteiger partial charge in [0.25, 0.3) is 0 Å². The quantitative estimate of drug-likeness (QED) is 0.878. The molecular weight excluding hydrogens is 302 g/mol. The van der Waals surface area contributed by atoms with Crippen molar-refractivity contribution in [1.29, 1.82) is 0 Å². The van der Waals surface area contributed by atoms with E-state index in [0.29, 0.717) is 11.5 Å². The third-order valence-corrected chi connectivity index (χ3v) is 5.34. The molecule has 1 aromatic heterocycles. The summed E-state index contributed by atoms with van der Waals surface area (Å²) in [6, 6.07) is 0. The summed E-state index contributed by atoms with van der Waals surface area (Å²) in [6.45, 7) is 3.47. The average molecular weight is 324 g/mol. The molecule has 1 aromatic rings. The molecule has 0 saturated heterocycles. The molecule has 20 heavy (non-hydrogen) atoms. The number of sulfonamides is 1. The Morgan fingerprint density at radius 2 is 1.90 bits per heavy atom. The van der Waals surface area contributed by atoms with Crippen LogP contribution in [0, 0.1) is 13.8 Å². The van der Waals surface area contributed by atoms with Crippen molar-refractivity contribution < 1.29 is 12.9 Å². The number of halogens is 1. The van der Waals surface area contributed by atoms with E-state index in [1.165, 1.54) is 6.42 Å². The second kappa shape index (κ2) is 6.43. The molecule has 6 nitrogen and oxygen atoms in total. The average Bonchev–Trinajstić information content (AvgIpc) is 2.68. The Balaban J connectivity index is 0.00000200. The molecule has 1 heterocycles. The van der Waals surface area contributed by atoms with Crippen LogP contribution in [0.5, 0.6) is 0 Å². The van der Waals surface area contributed by atoms with Crippen molar-refractivity contribution >= 4 is 22.4 Å². The zero-order chi connectivity index (χ0) is 14.1. The van der Waals surface area contributed by atoms with Crippen molar-refractivity contribution in [3.05, 3.63) is 11.5 Å². The van der Waals surface area contributed by atoms with E-state index in [9.17, 15) is 8.42 Å². The highest BCUT2D eigenvalue weighted by Gasteiger charge is 2.31. The summed E-state index contributed by atoms with van der Waals surface area (Å²) < 4.78 is 32.0.